The second kappa shape index (κ2) is 8.93. The van der Waals surface area contributed by atoms with Gasteiger partial charge < -0.3 is 15.3 Å². The Morgan fingerprint density at radius 2 is 1.58 bits per heavy atom. The minimum atomic E-state index is -0.555. The van der Waals surface area contributed by atoms with Crippen molar-refractivity contribution >= 4 is 0 Å². The van der Waals surface area contributed by atoms with Crippen LogP contribution in [0.3, 0.4) is 0 Å². The monoisotopic (exact) mass is 341 g/mol. The molecule has 0 aromatic rings. The fraction of sp³-hybridized carbons (Fsp3) is 1.00. The van der Waals surface area contributed by atoms with Gasteiger partial charge in [-0.2, -0.15) is 0 Å². The zero-order chi connectivity index (χ0) is 16.9. The molecule has 3 fully saturated rings. The third kappa shape index (κ3) is 5.38. The van der Waals surface area contributed by atoms with E-state index in [1.807, 2.05) is 0 Å². The van der Waals surface area contributed by atoms with Crippen LogP contribution in [0.4, 0.5) is 4.39 Å². The minimum absolute atomic E-state index is 0.169. The molecule has 0 bridgehead atoms. The van der Waals surface area contributed by atoms with Crippen molar-refractivity contribution in [2.24, 2.45) is 17.8 Å². The number of alkyl halides is 1. The minimum Gasteiger partial charge on any atom is -0.762 e. The summed E-state index contributed by atoms with van der Waals surface area (Å²) in [5.74, 6) is 2.14. The molecule has 2 unspecified atom stereocenters. The molecular formula is C19H34FN2O2-. The Balaban J connectivity index is 1.32. The van der Waals surface area contributed by atoms with Gasteiger partial charge in [0.25, 0.3) is 0 Å². The molecule has 0 aromatic heterocycles. The van der Waals surface area contributed by atoms with Crippen LogP contribution in [0, 0.1) is 23.0 Å². The SMILES string of the molecule is [O-]N(O)C1CCC(CC2CCN(CC3CCCC(F)C3)CC2)CC1. The summed E-state index contributed by atoms with van der Waals surface area (Å²) in [6, 6.07) is -0.169. The van der Waals surface area contributed by atoms with E-state index in [0.717, 1.165) is 63.3 Å². The Morgan fingerprint density at radius 3 is 2.21 bits per heavy atom. The van der Waals surface area contributed by atoms with Crippen LogP contribution in [0.25, 0.3) is 0 Å². The highest BCUT2D eigenvalue weighted by atomic mass is 19.1. The predicted octanol–water partition coefficient (Wildman–Crippen LogP) is 4.36. The van der Waals surface area contributed by atoms with Gasteiger partial charge in [-0.15, -0.1) is 0 Å². The highest BCUT2D eigenvalue weighted by Gasteiger charge is 2.28. The molecule has 0 amide bonds. The zero-order valence-electron chi connectivity index (χ0n) is 14.9. The Kier molecular flexibility index (Phi) is 6.90. The summed E-state index contributed by atoms with van der Waals surface area (Å²) in [5, 5.41) is 20.1. The maximum Gasteiger partial charge on any atom is 0.100 e. The third-order valence-electron chi connectivity index (χ3n) is 6.74. The van der Waals surface area contributed by atoms with Gasteiger partial charge in [-0.25, -0.2) is 4.39 Å². The zero-order valence-corrected chi connectivity index (χ0v) is 14.9. The average molecular weight is 341 g/mol. The number of rotatable bonds is 5. The highest BCUT2D eigenvalue weighted by molar-refractivity contribution is 4.82. The standard InChI is InChI=1S/C19H34FN2O2/c20-18-3-1-2-17(13-18)14-21-10-8-16(9-11-21)12-15-4-6-19(7-5-15)22(23)24/h15-19,23H,1-14H2/q-1. The smallest absolute Gasteiger partial charge is 0.100 e. The molecule has 1 heterocycles. The van der Waals surface area contributed by atoms with Crippen LogP contribution in [0.5, 0.6) is 0 Å². The molecule has 4 nitrogen and oxygen atoms in total. The van der Waals surface area contributed by atoms with Crippen LogP contribution in [0.15, 0.2) is 0 Å². The van der Waals surface area contributed by atoms with Gasteiger partial charge in [0.1, 0.15) is 6.17 Å². The van der Waals surface area contributed by atoms with E-state index in [9.17, 15) is 9.60 Å². The van der Waals surface area contributed by atoms with Crippen molar-refractivity contribution in [3.8, 4) is 0 Å². The number of hydrogen-bond acceptors (Lipinski definition) is 4. The molecule has 1 saturated heterocycles. The summed E-state index contributed by atoms with van der Waals surface area (Å²) in [6.07, 6.45) is 11.0. The summed E-state index contributed by atoms with van der Waals surface area (Å²) >= 11 is 0. The summed E-state index contributed by atoms with van der Waals surface area (Å²) < 4.78 is 13.5. The Labute approximate surface area is 145 Å². The molecule has 0 radical (unpaired) electrons. The van der Waals surface area contributed by atoms with E-state index in [1.54, 1.807) is 0 Å². The maximum absolute atomic E-state index is 13.5. The van der Waals surface area contributed by atoms with Gasteiger partial charge in [-0.3, -0.25) is 5.23 Å². The predicted molar refractivity (Wildman–Crippen MR) is 93.4 cm³/mol. The lowest BCUT2D eigenvalue weighted by molar-refractivity contribution is -0.0923. The van der Waals surface area contributed by atoms with Gasteiger partial charge in [0.05, 0.1) is 0 Å². The number of hydrogen-bond donors (Lipinski definition) is 1. The van der Waals surface area contributed by atoms with E-state index < -0.39 is 6.17 Å². The van der Waals surface area contributed by atoms with Crippen molar-refractivity contribution < 1.29 is 9.60 Å². The fourth-order valence-corrected chi connectivity index (χ4v) is 5.23. The summed E-state index contributed by atoms with van der Waals surface area (Å²) in [6.45, 7) is 3.46. The summed E-state index contributed by atoms with van der Waals surface area (Å²) in [4.78, 5) is 2.57. The second-order valence-corrected chi connectivity index (χ2v) is 8.59. The van der Waals surface area contributed by atoms with Crippen LogP contribution in [-0.4, -0.2) is 47.2 Å². The van der Waals surface area contributed by atoms with Gasteiger partial charge in [0.2, 0.25) is 0 Å². The molecule has 3 rings (SSSR count). The average Bonchev–Trinajstić information content (AvgIpc) is 2.57. The number of hydroxylamine groups is 2. The molecule has 1 aliphatic heterocycles. The molecule has 5 heteroatoms. The van der Waals surface area contributed by atoms with E-state index in [2.05, 4.69) is 4.90 Å². The van der Waals surface area contributed by atoms with E-state index in [0.29, 0.717) is 5.92 Å². The lowest BCUT2D eigenvalue weighted by Crippen LogP contribution is -2.39. The molecule has 0 aromatic carbocycles. The molecule has 3 aliphatic rings. The number of halogens is 1. The van der Waals surface area contributed by atoms with Crippen LogP contribution in [0.1, 0.15) is 70.6 Å². The summed E-state index contributed by atoms with van der Waals surface area (Å²) in [7, 11) is 0. The molecule has 2 aliphatic carbocycles. The van der Waals surface area contributed by atoms with Crippen LogP contribution in [-0.2, 0) is 0 Å². The summed E-state index contributed by atoms with van der Waals surface area (Å²) in [5.41, 5.74) is 0. The quantitative estimate of drug-likeness (QED) is 0.755. The first kappa shape index (κ1) is 18.6. The number of nitrogens with zero attached hydrogens (tertiary/aromatic N) is 2. The Hall–Kier alpha value is -0.230. The van der Waals surface area contributed by atoms with Gasteiger partial charge in [-0.1, -0.05) is 6.42 Å². The van der Waals surface area contributed by atoms with Gasteiger partial charge >= 0.3 is 0 Å². The molecule has 140 valence electrons. The van der Waals surface area contributed by atoms with Crippen molar-refractivity contribution in [1.82, 2.24) is 10.1 Å². The second-order valence-electron chi connectivity index (χ2n) is 8.59. The Morgan fingerprint density at radius 1 is 0.917 bits per heavy atom. The first-order chi connectivity index (χ1) is 11.6. The largest absolute Gasteiger partial charge is 0.762 e. The first-order valence-corrected chi connectivity index (χ1v) is 10.1. The van der Waals surface area contributed by atoms with Crippen LogP contribution >= 0.6 is 0 Å². The molecule has 2 saturated carbocycles. The van der Waals surface area contributed by atoms with Crippen LogP contribution in [0.2, 0.25) is 0 Å². The normalized spacial score (nSPS) is 37.0. The first-order valence-electron chi connectivity index (χ1n) is 10.1. The van der Waals surface area contributed by atoms with E-state index in [4.69, 9.17) is 5.21 Å². The van der Waals surface area contributed by atoms with Gasteiger partial charge in [-0.05, 0) is 95.1 Å². The molecule has 0 spiro atoms. The molecule has 2 atom stereocenters. The van der Waals surface area contributed by atoms with Crippen molar-refractivity contribution in [3.05, 3.63) is 5.21 Å². The molecular weight excluding hydrogens is 307 g/mol. The maximum atomic E-state index is 13.5. The van der Waals surface area contributed by atoms with Crippen molar-refractivity contribution in [2.75, 3.05) is 19.6 Å². The third-order valence-corrected chi connectivity index (χ3v) is 6.74. The number of piperidine rings is 1. The van der Waals surface area contributed by atoms with Crippen molar-refractivity contribution in [2.45, 2.75) is 82.8 Å². The van der Waals surface area contributed by atoms with E-state index in [1.165, 1.54) is 38.8 Å². The van der Waals surface area contributed by atoms with E-state index >= 15 is 0 Å². The van der Waals surface area contributed by atoms with Crippen molar-refractivity contribution in [1.29, 1.82) is 0 Å². The molecule has 24 heavy (non-hydrogen) atoms. The molecule has 1 N–H and O–H groups in total. The highest BCUT2D eigenvalue weighted by Crippen LogP contribution is 2.35. The van der Waals surface area contributed by atoms with E-state index in [-0.39, 0.29) is 11.3 Å². The van der Waals surface area contributed by atoms with Crippen molar-refractivity contribution in [3.63, 3.8) is 0 Å². The number of likely N-dealkylation sites (tertiary alicyclic amines) is 1. The Bertz CT molecular complexity index is 366. The lowest BCUT2D eigenvalue weighted by atomic mass is 9.78. The topological polar surface area (TPSA) is 49.8 Å². The van der Waals surface area contributed by atoms with Gasteiger partial charge in [0, 0.05) is 12.6 Å². The fourth-order valence-electron chi connectivity index (χ4n) is 5.23. The van der Waals surface area contributed by atoms with Crippen LogP contribution < -0.4 is 0 Å². The lowest BCUT2D eigenvalue weighted by Gasteiger charge is -2.39. The van der Waals surface area contributed by atoms with Gasteiger partial charge in [0.15, 0.2) is 0 Å².